The molecule has 0 radical (unpaired) electrons. The second kappa shape index (κ2) is 5.89. The predicted octanol–water partition coefficient (Wildman–Crippen LogP) is 2.69. The van der Waals surface area contributed by atoms with Crippen molar-refractivity contribution in [2.75, 3.05) is 12.4 Å². The largest absolute Gasteiger partial charge is 0.465 e. The number of halogens is 2. The van der Waals surface area contributed by atoms with E-state index in [0.29, 0.717) is 10.7 Å². The van der Waals surface area contributed by atoms with Gasteiger partial charge in [0.25, 0.3) is 0 Å². The molecule has 0 spiro atoms. The highest BCUT2D eigenvalue weighted by Crippen LogP contribution is 2.22. The summed E-state index contributed by atoms with van der Waals surface area (Å²) >= 11 is 11.4. The van der Waals surface area contributed by atoms with E-state index >= 15 is 0 Å². The molecule has 1 aromatic carbocycles. The first-order chi connectivity index (χ1) is 7.95. The minimum absolute atomic E-state index is 0.186. The topological polar surface area (TPSA) is 55.4 Å². The van der Waals surface area contributed by atoms with Crippen molar-refractivity contribution < 1.29 is 14.3 Å². The Morgan fingerprint density at radius 2 is 2.06 bits per heavy atom. The van der Waals surface area contributed by atoms with Crippen molar-refractivity contribution >= 4 is 40.8 Å². The normalized spacial score (nSPS) is 11.8. The lowest BCUT2D eigenvalue weighted by atomic mass is 10.1. The molecule has 6 heteroatoms. The monoisotopic (exact) mass is 275 g/mol. The van der Waals surface area contributed by atoms with Crippen LogP contribution in [-0.2, 0) is 9.53 Å². The number of nitrogens with one attached hydrogen (secondary N) is 1. The molecule has 0 aliphatic rings. The standard InChI is InChI=1S/C11H11Cl2NO3/c1-6(12)10(15)14-9-4-3-7(13)5-8(9)11(16)17-2/h3-6H,1-2H3,(H,14,15). The zero-order chi connectivity index (χ0) is 13.0. The van der Waals surface area contributed by atoms with Crippen LogP contribution in [-0.4, -0.2) is 24.4 Å². The number of ether oxygens (including phenoxy) is 1. The van der Waals surface area contributed by atoms with Crippen molar-refractivity contribution in [3.63, 3.8) is 0 Å². The number of benzene rings is 1. The minimum atomic E-state index is -0.698. The van der Waals surface area contributed by atoms with E-state index in [2.05, 4.69) is 10.1 Å². The molecule has 1 amide bonds. The van der Waals surface area contributed by atoms with Crippen LogP contribution in [0.5, 0.6) is 0 Å². The van der Waals surface area contributed by atoms with Gasteiger partial charge >= 0.3 is 5.97 Å². The number of rotatable bonds is 3. The summed E-state index contributed by atoms with van der Waals surface area (Å²) in [6.45, 7) is 1.53. The van der Waals surface area contributed by atoms with Crippen molar-refractivity contribution in [3.05, 3.63) is 28.8 Å². The molecule has 0 aliphatic carbocycles. The smallest absolute Gasteiger partial charge is 0.340 e. The quantitative estimate of drug-likeness (QED) is 0.682. The third kappa shape index (κ3) is 3.61. The number of alkyl halides is 1. The molecule has 0 fully saturated rings. The lowest BCUT2D eigenvalue weighted by Gasteiger charge is -2.10. The Kier molecular flexibility index (Phi) is 4.78. The average Bonchev–Trinajstić information content (AvgIpc) is 2.30. The van der Waals surface area contributed by atoms with Gasteiger partial charge in [0.05, 0.1) is 18.4 Å². The van der Waals surface area contributed by atoms with E-state index < -0.39 is 17.3 Å². The van der Waals surface area contributed by atoms with Gasteiger partial charge in [-0.15, -0.1) is 11.6 Å². The molecular weight excluding hydrogens is 265 g/mol. The number of hydrogen-bond donors (Lipinski definition) is 1. The summed E-state index contributed by atoms with van der Waals surface area (Å²) in [5, 5.41) is 2.20. The fourth-order valence-electron chi connectivity index (χ4n) is 1.14. The lowest BCUT2D eigenvalue weighted by Crippen LogP contribution is -2.22. The molecule has 1 rings (SSSR count). The first-order valence-corrected chi connectivity index (χ1v) is 5.60. The van der Waals surface area contributed by atoms with Gasteiger partial charge in [-0.2, -0.15) is 0 Å². The van der Waals surface area contributed by atoms with Crippen LogP contribution in [0.25, 0.3) is 0 Å². The number of carbonyl (C=O) groups excluding carboxylic acids is 2. The Balaban J connectivity index is 3.06. The lowest BCUT2D eigenvalue weighted by molar-refractivity contribution is -0.115. The van der Waals surface area contributed by atoms with Gasteiger partial charge in [0.15, 0.2) is 0 Å². The summed E-state index contributed by atoms with van der Waals surface area (Å²) in [5.74, 6) is -0.982. The maximum absolute atomic E-state index is 11.5. The summed E-state index contributed by atoms with van der Waals surface area (Å²) in [5.41, 5.74) is 0.504. The number of methoxy groups -OCH3 is 1. The molecule has 0 heterocycles. The summed E-state index contributed by atoms with van der Waals surface area (Å²) < 4.78 is 4.59. The highest BCUT2D eigenvalue weighted by atomic mass is 35.5. The Hall–Kier alpha value is -1.26. The molecular formula is C11H11Cl2NO3. The predicted molar refractivity (Wildman–Crippen MR) is 66.7 cm³/mol. The van der Waals surface area contributed by atoms with Crippen LogP contribution in [0.3, 0.4) is 0 Å². The molecule has 1 unspecified atom stereocenters. The number of esters is 1. The van der Waals surface area contributed by atoms with Crippen LogP contribution in [0.15, 0.2) is 18.2 Å². The van der Waals surface area contributed by atoms with Crippen LogP contribution in [0.4, 0.5) is 5.69 Å². The Morgan fingerprint density at radius 1 is 1.41 bits per heavy atom. The van der Waals surface area contributed by atoms with E-state index in [1.165, 1.54) is 26.2 Å². The summed E-state index contributed by atoms with van der Waals surface area (Å²) in [4.78, 5) is 22.9. The Bertz CT molecular complexity index is 446. The number of carbonyl (C=O) groups is 2. The van der Waals surface area contributed by atoms with Crippen LogP contribution < -0.4 is 5.32 Å². The maximum atomic E-state index is 11.5. The van der Waals surface area contributed by atoms with E-state index in [1.807, 2.05) is 0 Å². The van der Waals surface area contributed by atoms with Crippen molar-refractivity contribution in [1.82, 2.24) is 0 Å². The summed E-state index contributed by atoms with van der Waals surface area (Å²) in [6, 6.07) is 4.50. The number of anilines is 1. The van der Waals surface area contributed by atoms with Gasteiger partial charge in [-0.25, -0.2) is 4.79 Å². The van der Waals surface area contributed by atoms with Crippen molar-refractivity contribution in [1.29, 1.82) is 0 Å². The second-order valence-electron chi connectivity index (χ2n) is 3.29. The van der Waals surface area contributed by atoms with Crippen LogP contribution >= 0.6 is 23.2 Å². The summed E-state index contributed by atoms with van der Waals surface area (Å²) in [7, 11) is 1.25. The van der Waals surface area contributed by atoms with Gasteiger partial charge in [0, 0.05) is 5.02 Å². The van der Waals surface area contributed by atoms with Gasteiger partial charge in [0.2, 0.25) is 5.91 Å². The van der Waals surface area contributed by atoms with Crippen LogP contribution in [0.2, 0.25) is 5.02 Å². The fourth-order valence-corrected chi connectivity index (χ4v) is 1.36. The third-order valence-corrected chi connectivity index (χ3v) is 2.44. The molecule has 1 atom stereocenters. The second-order valence-corrected chi connectivity index (χ2v) is 4.38. The van der Waals surface area contributed by atoms with Gasteiger partial charge in [-0.1, -0.05) is 11.6 Å². The van der Waals surface area contributed by atoms with E-state index in [0.717, 1.165) is 0 Å². The van der Waals surface area contributed by atoms with Crippen molar-refractivity contribution in [3.8, 4) is 0 Å². The molecule has 0 saturated heterocycles. The van der Waals surface area contributed by atoms with Crippen LogP contribution in [0.1, 0.15) is 17.3 Å². The number of hydrogen-bond acceptors (Lipinski definition) is 3. The van der Waals surface area contributed by atoms with E-state index in [-0.39, 0.29) is 5.56 Å². The van der Waals surface area contributed by atoms with E-state index in [1.54, 1.807) is 6.07 Å². The molecule has 92 valence electrons. The Labute approximate surface area is 109 Å². The Morgan fingerprint density at radius 3 is 2.59 bits per heavy atom. The third-order valence-electron chi connectivity index (χ3n) is 2.01. The van der Waals surface area contributed by atoms with E-state index in [9.17, 15) is 9.59 Å². The molecule has 4 nitrogen and oxygen atoms in total. The molecule has 1 aromatic rings. The summed E-state index contributed by atoms with van der Waals surface area (Å²) in [6.07, 6.45) is 0. The van der Waals surface area contributed by atoms with Crippen LogP contribution in [0, 0.1) is 0 Å². The van der Waals surface area contributed by atoms with Crippen molar-refractivity contribution in [2.24, 2.45) is 0 Å². The first kappa shape index (κ1) is 13.8. The molecule has 0 saturated carbocycles. The first-order valence-electron chi connectivity index (χ1n) is 4.78. The van der Waals surface area contributed by atoms with Crippen molar-refractivity contribution in [2.45, 2.75) is 12.3 Å². The zero-order valence-corrected chi connectivity index (χ0v) is 10.8. The van der Waals surface area contributed by atoms with E-state index in [4.69, 9.17) is 23.2 Å². The molecule has 0 aliphatic heterocycles. The maximum Gasteiger partial charge on any atom is 0.340 e. The van der Waals surface area contributed by atoms with Gasteiger partial charge in [-0.05, 0) is 25.1 Å². The average molecular weight is 276 g/mol. The van der Waals surface area contributed by atoms with Gasteiger partial charge in [-0.3, -0.25) is 4.79 Å². The minimum Gasteiger partial charge on any atom is -0.465 e. The number of amides is 1. The fraction of sp³-hybridized carbons (Fsp3) is 0.273. The highest BCUT2D eigenvalue weighted by molar-refractivity contribution is 6.33. The highest BCUT2D eigenvalue weighted by Gasteiger charge is 2.16. The van der Waals surface area contributed by atoms with Gasteiger partial charge in [0.1, 0.15) is 5.38 Å². The molecule has 0 aromatic heterocycles. The zero-order valence-electron chi connectivity index (χ0n) is 9.29. The van der Waals surface area contributed by atoms with Gasteiger partial charge < -0.3 is 10.1 Å². The molecule has 1 N–H and O–H groups in total. The SMILES string of the molecule is COC(=O)c1cc(Cl)ccc1NC(=O)C(C)Cl. The molecule has 17 heavy (non-hydrogen) atoms. The molecule has 0 bridgehead atoms.